The van der Waals surface area contributed by atoms with Gasteiger partial charge in [-0.2, -0.15) is 0 Å². The van der Waals surface area contributed by atoms with Crippen LogP contribution < -0.4 is 0 Å². The van der Waals surface area contributed by atoms with Gasteiger partial charge in [-0.1, -0.05) is 67.2 Å². The third-order valence-corrected chi connectivity index (χ3v) is 7.73. The number of nitrogens with zero attached hydrogens (tertiary/aromatic N) is 2. The van der Waals surface area contributed by atoms with Crippen LogP contribution in [-0.4, -0.2) is 27.7 Å². The van der Waals surface area contributed by atoms with Gasteiger partial charge in [0.25, 0.3) is 0 Å². The average molecular weight is 357 g/mol. The maximum atomic E-state index is 5.52. The van der Waals surface area contributed by atoms with E-state index in [-0.39, 0.29) is 5.54 Å². The maximum absolute atomic E-state index is 5.52. The van der Waals surface area contributed by atoms with Gasteiger partial charge in [-0.15, -0.1) is 0 Å². The Balaban J connectivity index is 1.60. The van der Waals surface area contributed by atoms with E-state index in [4.69, 9.17) is 4.99 Å². The van der Waals surface area contributed by atoms with Crippen LogP contribution in [0.5, 0.6) is 0 Å². The van der Waals surface area contributed by atoms with Crippen LogP contribution in [0.4, 0.5) is 0 Å². The van der Waals surface area contributed by atoms with Crippen LogP contribution in [0.2, 0.25) is 0 Å². The van der Waals surface area contributed by atoms with E-state index in [1.807, 2.05) is 0 Å². The first-order valence-electron chi connectivity index (χ1n) is 11.3. The molecule has 0 aromatic carbocycles. The van der Waals surface area contributed by atoms with Crippen LogP contribution in [0, 0.1) is 10.8 Å². The third kappa shape index (κ3) is 2.53. The summed E-state index contributed by atoms with van der Waals surface area (Å²) in [5.74, 6) is 0. The monoisotopic (exact) mass is 356 g/mol. The Bertz CT molecular complexity index is 593. The van der Waals surface area contributed by atoms with Crippen molar-refractivity contribution < 1.29 is 0 Å². The second-order valence-corrected chi connectivity index (χ2v) is 11.2. The van der Waals surface area contributed by atoms with Gasteiger partial charge in [0.05, 0.1) is 11.6 Å². The highest BCUT2D eigenvalue weighted by atomic mass is 15.5. The molecule has 3 aliphatic heterocycles. The van der Waals surface area contributed by atoms with E-state index >= 15 is 0 Å². The van der Waals surface area contributed by atoms with E-state index in [2.05, 4.69) is 52.5 Å². The van der Waals surface area contributed by atoms with Gasteiger partial charge in [0.2, 0.25) is 0 Å². The lowest BCUT2D eigenvalue weighted by Gasteiger charge is -2.34. The molecule has 2 fully saturated rings. The van der Waals surface area contributed by atoms with Gasteiger partial charge in [-0.25, -0.2) is 0 Å². The number of aliphatic imine (C=N–C) groups is 1. The Morgan fingerprint density at radius 1 is 1.00 bits per heavy atom. The third-order valence-electron chi connectivity index (χ3n) is 7.73. The number of allylic oxidation sites excluding steroid dienone is 1. The molecule has 0 aromatic rings. The molecule has 3 atom stereocenters. The first kappa shape index (κ1) is 18.6. The zero-order chi connectivity index (χ0) is 18.8. The van der Waals surface area contributed by atoms with Crippen molar-refractivity contribution in [3.63, 3.8) is 0 Å². The standard InChI is InChI=1S/C24H40N2/c1-7-11-21(3,4)15-18-16-23-13-9-10-14-24(23)20(26(18)24)19(25-23)17-22(5,6)12-8-2/h16,20H,7-15,17H2,1-6H3. The average Bonchev–Trinajstić information content (AvgIpc) is 3.04. The lowest BCUT2D eigenvalue weighted by molar-refractivity contribution is 0.255. The summed E-state index contributed by atoms with van der Waals surface area (Å²) in [5.41, 5.74) is 4.51. The highest BCUT2D eigenvalue weighted by Crippen LogP contribution is 2.70. The minimum Gasteiger partial charge on any atom is -0.353 e. The molecule has 1 saturated heterocycles. The molecule has 2 nitrogen and oxygen atoms in total. The van der Waals surface area contributed by atoms with Crippen molar-refractivity contribution in [2.75, 3.05) is 0 Å². The van der Waals surface area contributed by atoms with E-state index in [0.717, 1.165) is 0 Å². The molecule has 0 N–H and O–H groups in total. The van der Waals surface area contributed by atoms with Crippen LogP contribution in [0.15, 0.2) is 16.8 Å². The van der Waals surface area contributed by atoms with Crippen molar-refractivity contribution in [2.24, 2.45) is 15.8 Å². The van der Waals surface area contributed by atoms with Crippen LogP contribution in [0.3, 0.4) is 0 Å². The van der Waals surface area contributed by atoms with Gasteiger partial charge < -0.3 is 4.90 Å². The molecule has 3 unspecified atom stereocenters. The van der Waals surface area contributed by atoms with E-state index < -0.39 is 0 Å². The first-order valence-corrected chi connectivity index (χ1v) is 11.3. The largest absolute Gasteiger partial charge is 0.353 e. The number of fused-ring (bicyclic) bond motifs is 1. The van der Waals surface area contributed by atoms with Crippen molar-refractivity contribution in [1.29, 1.82) is 0 Å². The molecule has 1 saturated carbocycles. The van der Waals surface area contributed by atoms with Crippen molar-refractivity contribution in [2.45, 2.75) is 123 Å². The molecule has 0 aromatic heterocycles. The van der Waals surface area contributed by atoms with Crippen molar-refractivity contribution in [1.82, 2.24) is 4.90 Å². The van der Waals surface area contributed by atoms with Crippen LogP contribution in [0.1, 0.15) is 106 Å². The highest BCUT2D eigenvalue weighted by molar-refractivity contribution is 6.00. The Kier molecular flexibility index (Phi) is 4.18. The summed E-state index contributed by atoms with van der Waals surface area (Å²) in [6.45, 7) is 14.5. The Hall–Kier alpha value is -0.790. The number of hydrogen-bond donors (Lipinski definition) is 0. The Morgan fingerprint density at radius 2 is 1.62 bits per heavy atom. The van der Waals surface area contributed by atoms with Gasteiger partial charge >= 0.3 is 0 Å². The predicted molar refractivity (Wildman–Crippen MR) is 112 cm³/mol. The van der Waals surface area contributed by atoms with Crippen LogP contribution in [0.25, 0.3) is 0 Å². The molecule has 26 heavy (non-hydrogen) atoms. The smallest absolute Gasteiger partial charge is 0.106 e. The number of hydrogen-bond acceptors (Lipinski definition) is 2. The lowest BCUT2D eigenvalue weighted by atomic mass is 9.72. The summed E-state index contributed by atoms with van der Waals surface area (Å²) in [7, 11) is 0. The fraction of sp³-hybridized carbons (Fsp3) is 0.875. The first-order chi connectivity index (χ1) is 12.2. The van der Waals surface area contributed by atoms with E-state index in [0.29, 0.717) is 22.4 Å². The fourth-order valence-electron chi connectivity index (χ4n) is 6.93. The van der Waals surface area contributed by atoms with E-state index in [1.165, 1.54) is 64.2 Å². The molecule has 146 valence electrons. The van der Waals surface area contributed by atoms with Crippen molar-refractivity contribution in [3.05, 3.63) is 11.8 Å². The molecule has 1 aliphatic carbocycles. The Labute approximate surface area is 161 Å². The summed E-state index contributed by atoms with van der Waals surface area (Å²) in [4.78, 5) is 8.37. The molecule has 3 heterocycles. The molecule has 0 amide bonds. The second kappa shape index (κ2) is 5.85. The molecule has 4 aliphatic rings. The summed E-state index contributed by atoms with van der Waals surface area (Å²) >= 11 is 0. The minimum atomic E-state index is 0.144. The highest BCUT2D eigenvalue weighted by Gasteiger charge is 2.81. The molecule has 1 spiro atoms. The van der Waals surface area contributed by atoms with Gasteiger partial charge in [0.1, 0.15) is 5.54 Å². The number of rotatable bonds is 8. The zero-order valence-corrected chi connectivity index (χ0v) is 18.1. The second-order valence-electron chi connectivity index (χ2n) is 11.2. The molecule has 0 bridgehead atoms. The normalized spacial score (nSPS) is 35.2. The molecule has 2 heteroatoms. The molecule has 4 rings (SSSR count). The Morgan fingerprint density at radius 3 is 2.23 bits per heavy atom. The fourth-order valence-corrected chi connectivity index (χ4v) is 6.93. The van der Waals surface area contributed by atoms with Gasteiger partial charge in [0.15, 0.2) is 0 Å². The minimum absolute atomic E-state index is 0.144. The van der Waals surface area contributed by atoms with Crippen LogP contribution in [-0.2, 0) is 0 Å². The topological polar surface area (TPSA) is 15.4 Å². The van der Waals surface area contributed by atoms with Gasteiger partial charge in [-0.3, -0.25) is 4.99 Å². The maximum Gasteiger partial charge on any atom is 0.106 e. The lowest BCUT2D eigenvalue weighted by Crippen LogP contribution is -2.43. The summed E-state index contributed by atoms with van der Waals surface area (Å²) in [6, 6.07) is 0.649. The van der Waals surface area contributed by atoms with E-state index in [1.54, 1.807) is 11.4 Å². The quantitative estimate of drug-likeness (QED) is 0.453. The van der Waals surface area contributed by atoms with Crippen molar-refractivity contribution >= 4 is 5.71 Å². The van der Waals surface area contributed by atoms with Crippen LogP contribution >= 0.6 is 0 Å². The summed E-state index contributed by atoms with van der Waals surface area (Å²) < 4.78 is 0. The van der Waals surface area contributed by atoms with Gasteiger partial charge in [0, 0.05) is 11.4 Å². The molecular weight excluding hydrogens is 316 g/mol. The molecular formula is C24H40N2. The summed E-state index contributed by atoms with van der Waals surface area (Å²) in [6.07, 6.45) is 15.7. The van der Waals surface area contributed by atoms with Gasteiger partial charge in [-0.05, 0) is 55.4 Å². The van der Waals surface area contributed by atoms with E-state index in [9.17, 15) is 0 Å². The summed E-state index contributed by atoms with van der Waals surface area (Å²) in [5, 5.41) is 0. The van der Waals surface area contributed by atoms with Crippen molar-refractivity contribution in [3.8, 4) is 0 Å². The molecule has 0 radical (unpaired) electrons. The zero-order valence-electron chi connectivity index (χ0n) is 18.1. The predicted octanol–water partition coefficient (Wildman–Crippen LogP) is 6.51. The SMILES string of the molecule is CCCC(C)(C)CC1=CC23CCCCC24C(C(CC(C)(C)CCC)=N3)N14.